The lowest BCUT2D eigenvalue weighted by Crippen LogP contribution is -2.46. The molecule has 10 nitrogen and oxygen atoms in total. The number of nitrogens with zero attached hydrogens (tertiary/aromatic N) is 4. The summed E-state index contributed by atoms with van der Waals surface area (Å²) in [7, 11) is 0. The standard InChI is InChI=1S/C17H16N4O6S/c1-17-7-6-14(22)20(17)12(9-28-17)16(23)26-8-13-18-19-15(27-13)10-2-4-11(5-3-10)21(24)25/h2-5,12H,6-9H2,1H3/t12-,17-/m1/s1. The molecule has 146 valence electrons. The molecule has 0 unspecified atom stereocenters. The fraction of sp³-hybridized carbons (Fsp3) is 0.412. The highest BCUT2D eigenvalue weighted by Crippen LogP contribution is 2.47. The van der Waals surface area contributed by atoms with Crippen LogP contribution in [0.4, 0.5) is 5.69 Å². The fourth-order valence-corrected chi connectivity index (χ4v) is 4.80. The smallest absolute Gasteiger partial charge is 0.330 e. The topological polar surface area (TPSA) is 129 Å². The number of fused-ring (bicyclic) bond motifs is 1. The molecule has 2 fully saturated rings. The number of carbonyl (C=O) groups is 2. The molecular weight excluding hydrogens is 388 g/mol. The van der Waals surface area contributed by atoms with E-state index < -0.39 is 16.9 Å². The Morgan fingerprint density at radius 1 is 1.43 bits per heavy atom. The summed E-state index contributed by atoms with van der Waals surface area (Å²) in [6, 6.07) is 5.05. The first-order chi connectivity index (χ1) is 13.4. The lowest BCUT2D eigenvalue weighted by atomic mass is 10.2. The van der Waals surface area contributed by atoms with Crippen molar-refractivity contribution in [2.75, 3.05) is 5.75 Å². The zero-order valence-electron chi connectivity index (χ0n) is 14.9. The number of benzene rings is 1. The quantitative estimate of drug-likeness (QED) is 0.418. The van der Waals surface area contributed by atoms with Gasteiger partial charge in [0.05, 0.1) is 9.79 Å². The third-order valence-corrected chi connectivity index (χ3v) is 6.35. The third-order valence-electron chi connectivity index (χ3n) is 4.85. The normalized spacial score (nSPS) is 23.7. The number of hydrogen-bond acceptors (Lipinski definition) is 9. The number of ether oxygens (including phenoxy) is 1. The van der Waals surface area contributed by atoms with E-state index in [-0.39, 0.29) is 34.9 Å². The van der Waals surface area contributed by atoms with Crippen molar-refractivity contribution in [1.29, 1.82) is 0 Å². The second kappa shape index (κ2) is 6.89. The molecule has 1 amide bonds. The van der Waals surface area contributed by atoms with Gasteiger partial charge in [0.2, 0.25) is 11.8 Å². The van der Waals surface area contributed by atoms with Gasteiger partial charge in [-0.2, -0.15) is 0 Å². The summed E-state index contributed by atoms with van der Waals surface area (Å²) in [6.45, 7) is 1.75. The summed E-state index contributed by atoms with van der Waals surface area (Å²) >= 11 is 1.59. The van der Waals surface area contributed by atoms with E-state index in [9.17, 15) is 19.7 Å². The number of amides is 1. The second-order valence-corrected chi connectivity index (χ2v) is 8.18. The predicted octanol–water partition coefficient (Wildman–Crippen LogP) is 2.14. The highest BCUT2D eigenvalue weighted by atomic mass is 32.2. The summed E-state index contributed by atoms with van der Waals surface area (Å²) in [4.78, 5) is 36.0. The van der Waals surface area contributed by atoms with Crippen molar-refractivity contribution in [1.82, 2.24) is 15.1 Å². The van der Waals surface area contributed by atoms with E-state index >= 15 is 0 Å². The molecule has 0 spiro atoms. The van der Waals surface area contributed by atoms with Crippen LogP contribution in [-0.2, 0) is 20.9 Å². The largest absolute Gasteiger partial charge is 0.454 e. The Balaban J connectivity index is 1.39. The molecular formula is C17H16N4O6S. The van der Waals surface area contributed by atoms with Crippen molar-refractivity contribution in [2.24, 2.45) is 0 Å². The molecule has 28 heavy (non-hydrogen) atoms. The third kappa shape index (κ3) is 3.21. The zero-order valence-corrected chi connectivity index (χ0v) is 15.7. The molecule has 2 atom stereocenters. The van der Waals surface area contributed by atoms with Gasteiger partial charge in [0.25, 0.3) is 11.6 Å². The molecule has 2 aliphatic heterocycles. The maximum atomic E-state index is 12.4. The van der Waals surface area contributed by atoms with Crippen molar-refractivity contribution >= 4 is 29.3 Å². The molecule has 0 aliphatic carbocycles. The molecule has 2 saturated heterocycles. The lowest BCUT2D eigenvalue weighted by molar-refractivity contribution is -0.384. The highest BCUT2D eigenvalue weighted by molar-refractivity contribution is 8.01. The molecule has 0 bridgehead atoms. The lowest BCUT2D eigenvalue weighted by Gasteiger charge is -2.29. The van der Waals surface area contributed by atoms with Crippen LogP contribution in [0.15, 0.2) is 28.7 Å². The van der Waals surface area contributed by atoms with Crippen LogP contribution in [0.2, 0.25) is 0 Å². The molecule has 0 saturated carbocycles. The van der Waals surface area contributed by atoms with Gasteiger partial charge in [-0.3, -0.25) is 14.9 Å². The molecule has 3 heterocycles. The molecule has 11 heteroatoms. The Hall–Kier alpha value is -2.95. The maximum absolute atomic E-state index is 12.4. The van der Waals surface area contributed by atoms with Crippen LogP contribution < -0.4 is 0 Å². The molecule has 1 aromatic heterocycles. The van der Waals surface area contributed by atoms with E-state index in [0.29, 0.717) is 17.7 Å². The van der Waals surface area contributed by atoms with Gasteiger partial charge in [-0.1, -0.05) is 0 Å². The molecule has 2 aromatic rings. The average molecular weight is 404 g/mol. The molecule has 4 rings (SSSR count). The number of esters is 1. The van der Waals surface area contributed by atoms with Crippen molar-refractivity contribution < 1.29 is 23.7 Å². The Labute approximate surface area is 163 Å². The number of thioether (sulfide) groups is 1. The zero-order chi connectivity index (χ0) is 19.9. The number of carbonyl (C=O) groups excluding carboxylic acids is 2. The van der Waals surface area contributed by atoms with Crippen LogP contribution in [0.25, 0.3) is 11.5 Å². The predicted molar refractivity (Wildman–Crippen MR) is 96.9 cm³/mol. The Morgan fingerprint density at radius 2 is 2.18 bits per heavy atom. The second-order valence-electron chi connectivity index (χ2n) is 6.68. The number of nitro benzene ring substituents is 1. The van der Waals surface area contributed by atoms with Gasteiger partial charge >= 0.3 is 5.97 Å². The summed E-state index contributed by atoms with van der Waals surface area (Å²) in [6.07, 6.45) is 1.16. The van der Waals surface area contributed by atoms with E-state index in [4.69, 9.17) is 9.15 Å². The monoisotopic (exact) mass is 404 g/mol. The van der Waals surface area contributed by atoms with Gasteiger partial charge < -0.3 is 14.1 Å². The van der Waals surface area contributed by atoms with E-state index in [1.807, 2.05) is 6.92 Å². The van der Waals surface area contributed by atoms with Crippen LogP contribution in [0.5, 0.6) is 0 Å². The maximum Gasteiger partial charge on any atom is 0.330 e. The Morgan fingerprint density at radius 3 is 2.89 bits per heavy atom. The van der Waals surface area contributed by atoms with Crippen LogP contribution in [0.1, 0.15) is 25.7 Å². The van der Waals surface area contributed by atoms with Gasteiger partial charge in [-0.05, 0) is 25.5 Å². The number of rotatable bonds is 5. The van der Waals surface area contributed by atoms with Gasteiger partial charge in [0.1, 0.15) is 6.04 Å². The van der Waals surface area contributed by atoms with E-state index in [0.717, 1.165) is 6.42 Å². The first kappa shape index (κ1) is 18.4. The van der Waals surface area contributed by atoms with Gasteiger partial charge in [-0.15, -0.1) is 22.0 Å². The fourth-order valence-electron chi connectivity index (χ4n) is 3.38. The van der Waals surface area contributed by atoms with E-state index in [2.05, 4.69) is 10.2 Å². The summed E-state index contributed by atoms with van der Waals surface area (Å²) in [5, 5.41) is 18.4. The minimum atomic E-state index is -0.609. The van der Waals surface area contributed by atoms with Gasteiger partial charge in [-0.25, -0.2) is 4.79 Å². The molecule has 0 N–H and O–H groups in total. The molecule has 0 radical (unpaired) electrons. The van der Waals surface area contributed by atoms with Crippen LogP contribution in [-0.4, -0.2) is 48.6 Å². The summed E-state index contributed by atoms with van der Waals surface area (Å²) in [5.41, 5.74) is 0.469. The van der Waals surface area contributed by atoms with Crippen molar-refractivity contribution in [3.8, 4) is 11.5 Å². The first-order valence-electron chi connectivity index (χ1n) is 8.57. The number of non-ortho nitro benzene ring substituents is 1. The highest BCUT2D eigenvalue weighted by Gasteiger charge is 2.53. The van der Waals surface area contributed by atoms with E-state index in [1.165, 1.54) is 24.3 Å². The van der Waals surface area contributed by atoms with E-state index in [1.54, 1.807) is 16.7 Å². The SMILES string of the molecule is C[C@@]12CCC(=O)N1[C@@H](C(=O)OCc1nnc(-c3ccc([N+](=O)[O-])cc3)o1)CS2. The van der Waals surface area contributed by atoms with Crippen molar-refractivity contribution in [3.05, 3.63) is 40.3 Å². The number of nitro groups is 1. The average Bonchev–Trinajstić information content (AvgIpc) is 3.36. The Kier molecular flexibility index (Phi) is 4.53. The minimum absolute atomic E-state index is 0.0345. The van der Waals surface area contributed by atoms with Gasteiger partial charge in [0, 0.05) is 29.9 Å². The van der Waals surface area contributed by atoms with Crippen molar-refractivity contribution in [3.63, 3.8) is 0 Å². The molecule has 2 aliphatic rings. The van der Waals surface area contributed by atoms with Crippen molar-refractivity contribution in [2.45, 2.75) is 37.3 Å². The van der Waals surface area contributed by atoms with Crippen LogP contribution in [0, 0.1) is 10.1 Å². The Bertz CT molecular complexity index is 945. The van der Waals surface area contributed by atoms with Crippen LogP contribution in [0.3, 0.4) is 0 Å². The van der Waals surface area contributed by atoms with Crippen LogP contribution >= 0.6 is 11.8 Å². The number of aromatic nitrogens is 2. The van der Waals surface area contributed by atoms with Gasteiger partial charge in [0.15, 0.2) is 6.61 Å². The molecule has 1 aromatic carbocycles. The summed E-state index contributed by atoms with van der Waals surface area (Å²) in [5.74, 6) is 0.232. The summed E-state index contributed by atoms with van der Waals surface area (Å²) < 4.78 is 10.7. The minimum Gasteiger partial charge on any atom is -0.454 e. The number of hydrogen-bond donors (Lipinski definition) is 0. The first-order valence-corrected chi connectivity index (χ1v) is 9.56.